The molecule has 3 unspecified atom stereocenters. The Morgan fingerprint density at radius 2 is 1.66 bits per heavy atom. The molecule has 0 aliphatic heterocycles. The first kappa shape index (κ1) is 33.4. The highest BCUT2D eigenvalue weighted by molar-refractivity contribution is 5.92. The molecule has 0 fully saturated rings. The van der Waals surface area contributed by atoms with Gasteiger partial charge in [-0.2, -0.15) is 0 Å². The number of aliphatic hydroxyl groups is 1. The van der Waals surface area contributed by atoms with Crippen LogP contribution in [-0.2, 0) is 14.3 Å². The summed E-state index contributed by atoms with van der Waals surface area (Å²) in [5.41, 5.74) is 0.906. The molecule has 8 nitrogen and oxygen atoms in total. The van der Waals surface area contributed by atoms with Crippen molar-refractivity contribution >= 4 is 17.9 Å². The van der Waals surface area contributed by atoms with Crippen LogP contribution in [0.5, 0.6) is 0 Å². The number of aliphatic hydroxyl groups excluding tert-OH is 1. The molecule has 0 aliphatic carbocycles. The lowest BCUT2D eigenvalue weighted by atomic mass is 9.99. The van der Waals surface area contributed by atoms with Crippen molar-refractivity contribution in [3.8, 4) is 0 Å². The van der Waals surface area contributed by atoms with Crippen LogP contribution in [0.3, 0.4) is 0 Å². The number of alkyl carbamates (subject to hydrolysis) is 1. The zero-order chi connectivity index (χ0) is 28.7. The van der Waals surface area contributed by atoms with Gasteiger partial charge in [0.15, 0.2) is 0 Å². The quantitative estimate of drug-likeness (QED) is 0.246. The summed E-state index contributed by atoms with van der Waals surface area (Å²) in [4.78, 5) is 41.5. The van der Waals surface area contributed by atoms with Gasteiger partial charge in [0.05, 0.1) is 6.61 Å². The Balaban J connectivity index is 3.34. The lowest BCUT2D eigenvalue weighted by Crippen LogP contribution is -2.55. The molecule has 8 heteroatoms. The average molecular weight is 534 g/mol. The first-order chi connectivity index (χ1) is 17.9. The smallest absolute Gasteiger partial charge is 0.408 e. The van der Waals surface area contributed by atoms with Gasteiger partial charge in [0, 0.05) is 12.6 Å². The second-order valence-corrected chi connectivity index (χ2v) is 11.2. The van der Waals surface area contributed by atoms with Gasteiger partial charge in [-0.05, 0) is 53.0 Å². The minimum atomic E-state index is -1.24. The summed E-state index contributed by atoms with van der Waals surface area (Å²) in [5.74, 6) is -0.790. The summed E-state index contributed by atoms with van der Waals surface area (Å²) in [7, 11) is 0. The number of benzene rings is 1. The van der Waals surface area contributed by atoms with Crippen LogP contribution in [-0.4, -0.2) is 58.8 Å². The van der Waals surface area contributed by atoms with Gasteiger partial charge < -0.3 is 25.4 Å². The van der Waals surface area contributed by atoms with E-state index in [1.807, 2.05) is 38.1 Å². The molecule has 0 heterocycles. The number of unbranched alkanes of at least 4 members (excludes halogenated alkanes) is 5. The third-order valence-electron chi connectivity index (χ3n) is 6.24. The van der Waals surface area contributed by atoms with Crippen LogP contribution in [0.1, 0.15) is 110 Å². The number of nitrogens with one attached hydrogen (secondary N) is 2. The minimum absolute atomic E-state index is 0.0562. The highest BCUT2D eigenvalue weighted by Crippen LogP contribution is 2.25. The standard InChI is InChI=1S/C30H51N3O5/c1-8-10-11-12-13-14-19-33(28(36)25(21-34)32-29(37)38-30(5,6)7)26(24-18-15-17-22(3)20-24)27(35)31-23(4)16-9-2/h15,17-18,20,23,25-26,34H,8-14,16,19,21H2,1-7H3,(H,31,35)(H,32,37). The Bertz CT molecular complexity index is 868. The van der Waals surface area contributed by atoms with E-state index in [1.54, 1.807) is 20.8 Å². The summed E-state index contributed by atoms with van der Waals surface area (Å²) in [6.45, 7) is 13.0. The van der Waals surface area contributed by atoms with Crippen LogP contribution in [0.25, 0.3) is 0 Å². The van der Waals surface area contributed by atoms with E-state index in [4.69, 9.17) is 4.74 Å². The Labute approximate surface area is 229 Å². The Morgan fingerprint density at radius 3 is 2.24 bits per heavy atom. The van der Waals surface area contributed by atoms with E-state index in [9.17, 15) is 19.5 Å². The fourth-order valence-electron chi connectivity index (χ4n) is 4.40. The number of ether oxygens (including phenoxy) is 1. The van der Waals surface area contributed by atoms with Crippen LogP contribution in [0.4, 0.5) is 4.79 Å². The molecule has 1 aromatic rings. The van der Waals surface area contributed by atoms with Gasteiger partial charge >= 0.3 is 6.09 Å². The summed E-state index contributed by atoms with van der Waals surface area (Å²) >= 11 is 0. The Kier molecular flexibility index (Phi) is 15.0. The van der Waals surface area contributed by atoms with E-state index < -0.39 is 36.3 Å². The third kappa shape index (κ3) is 12.3. The molecule has 3 amide bonds. The summed E-state index contributed by atoms with van der Waals surface area (Å²) in [5, 5.41) is 15.7. The van der Waals surface area contributed by atoms with Crippen molar-refractivity contribution < 1.29 is 24.2 Å². The Hall–Kier alpha value is -2.61. The molecule has 216 valence electrons. The number of hydrogen-bond acceptors (Lipinski definition) is 5. The summed E-state index contributed by atoms with van der Waals surface area (Å²) in [6.07, 6.45) is 7.05. The van der Waals surface area contributed by atoms with E-state index >= 15 is 0 Å². The minimum Gasteiger partial charge on any atom is -0.444 e. The number of hydrogen-bond donors (Lipinski definition) is 3. The molecule has 3 N–H and O–H groups in total. The van der Waals surface area contributed by atoms with Crippen molar-refractivity contribution in [1.29, 1.82) is 0 Å². The second kappa shape index (κ2) is 17.1. The van der Waals surface area contributed by atoms with Crippen LogP contribution < -0.4 is 10.6 Å². The molecule has 0 radical (unpaired) electrons. The number of aryl methyl sites for hydroxylation is 1. The van der Waals surface area contributed by atoms with E-state index in [0.29, 0.717) is 18.5 Å². The molecule has 1 aromatic carbocycles. The number of carbonyl (C=O) groups is 3. The first-order valence-electron chi connectivity index (χ1n) is 14.2. The second-order valence-electron chi connectivity index (χ2n) is 11.2. The van der Waals surface area contributed by atoms with Crippen molar-refractivity contribution in [1.82, 2.24) is 15.5 Å². The molecule has 3 atom stereocenters. The van der Waals surface area contributed by atoms with Crippen molar-refractivity contribution in [3.05, 3.63) is 35.4 Å². The van der Waals surface area contributed by atoms with Gasteiger partial charge in [0.25, 0.3) is 0 Å². The fraction of sp³-hybridized carbons (Fsp3) is 0.700. The largest absolute Gasteiger partial charge is 0.444 e. The fourth-order valence-corrected chi connectivity index (χ4v) is 4.40. The Morgan fingerprint density at radius 1 is 1.00 bits per heavy atom. The van der Waals surface area contributed by atoms with Crippen LogP contribution in [0.2, 0.25) is 0 Å². The van der Waals surface area contributed by atoms with Gasteiger partial charge in [-0.1, -0.05) is 82.2 Å². The van der Waals surface area contributed by atoms with E-state index in [2.05, 4.69) is 24.5 Å². The van der Waals surface area contributed by atoms with E-state index in [0.717, 1.165) is 44.1 Å². The van der Waals surface area contributed by atoms with E-state index in [1.165, 1.54) is 11.3 Å². The van der Waals surface area contributed by atoms with Gasteiger partial charge in [0.2, 0.25) is 11.8 Å². The third-order valence-corrected chi connectivity index (χ3v) is 6.24. The summed E-state index contributed by atoms with van der Waals surface area (Å²) in [6, 6.07) is 5.38. The molecule has 1 rings (SSSR count). The molecular formula is C30H51N3O5. The van der Waals surface area contributed by atoms with Crippen molar-refractivity contribution in [2.75, 3.05) is 13.2 Å². The number of carbonyl (C=O) groups excluding carboxylic acids is 3. The normalized spacial score (nSPS) is 13.8. The van der Waals surface area contributed by atoms with Crippen LogP contribution in [0, 0.1) is 6.92 Å². The van der Waals surface area contributed by atoms with Gasteiger partial charge in [0.1, 0.15) is 17.7 Å². The molecule has 0 bridgehead atoms. The molecule has 0 saturated heterocycles. The molecule has 0 saturated carbocycles. The van der Waals surface area contributed by atoms with Crippen LogP contribution >= 0.6 is 0 Å². The van der Waals surface area contributed by atoms with Crippen molar-refractivity contribution in [2.45, 2.75) is 124 Å². The van der Waals surface area contributed by atoms with Crippen molar-refractivity contribution in [3.63, 3.8) is 0 Å². The van der Waals surface area contributed by atoms with E-state index in [-0.39, 0.29) is 11.9 Å². The number of rotatable bonds is 16. The van der Waals surface area contributed by atoms with Gasteiger partial charge in [-0.3, -0.25) is 9.59 Å². The topological polar surface area (TPSA) is 108 Å². The van der Waals surface area contributed by atoms with Crippen molar-refractivity contribution in [2.24, 2.45) is 0 Å². The monoisotopic (exact) mass is 533 g/mol. The maximum atomic E-state index is 13.9. The molecular weight excluding hydrogens is 482 g/mol. The molecule has 38 heavy (non-hydrogen) atoms. The maximum absolute atomic E-state index is 13.9. The highest BCUT2D eigenvalue weighted by Gasteiger charge is 2.36. The first-order valence-corrected chi connectivity index (χ1v) is 14.2. The average Bonchev–Trinajstić information content (AvgIpc) is 2.82. The predicted molar refractivity (Wildman–Crippen MR) is 152 cm³/mol. The maximum Gasteiger partial charge on any atom is 0.408 e. The highest BCUT2D eigenvalue weighted by atomic mass is 16.6. The molecule has 0 aromatic heterocycles. The zero-order valence-electron chi connectivity index (χ0n) is 24.6. The number of amides is 3. The SMILES string of the molecule is CCCCCCCCN(C(=O)C(CO)NC(=O)OC(C)(C)C)C(C(=O)NC(C)CCC)c1cccc(C)c1. The van der Waals surface area contributed by atoms with Gasteiger partial charge in [-0.25, -0.2) is 4.79 Å². The van der Waals surface area contributed by atoms with Crippen LogP contribution in [0.15, 0.2) is 24.3 Å². The molecule has 0 spiro atoms. The molecule has 0 aliphatic rings. The van der Waals surface area contributed by atoms with Gasteiger partial charge in [-0.15, -0.1) is 0 Å². The predicted octanol–water partition coefficient (Wildman–Crippen LogP) is 5.42. The summed E-state index contributed by atoms with van der Waals surface area (Å²) < 4.78 is 5.31. The zero-order valence-corrected chi connectivity index (χ0v) is 24.6. The lowest BCUT2D eigenvalue weighted by molar-refractivity contribution is -0.143. The number of nitrogens with zero attached hydrogens (tertiary/aromatic N) is 1. The lowest BCUT2D eigenvalue weighted by Gasteiger charge is -2.35.